The Morgan fingerprint density at radius 1 is 1.23 bits per heavy atom. The van der Waals surface area contributed by atoms with Crippen molar-refractivity contribution in [3.8, 4) is 0 Å². The second-order valence-corrected chi connectivity index (χ2v) is 6.75. The number of hydrogen-bond acceptors (Lipinski definition) is 5. The van der Waals surface area contributed by atoms with E-state index in [1.54, 1.807) is 4.90 Å². The van der Waals surface area contributed by atoms with E-state index in [2.05, 4.69) is 20.9 Å². The summed E-state index contributed by atoms with van der Waals surface area (Å²) in [5, 5.41) is 0. The highest BCUT2D eigenvalue weighted by Crippen LogP contribution is 2.22. The lowest BCUT2D eigenvalue weighted by molar-refractivity contribution is 0.0254. The van der Waals surface area contributed by atoms with Crippen LogP contribution in [0.3, 0.4) is 0 Å². The molecule has 0 unspecified atom stereocenters. The minimum Gasteiger partial charge on any atom is -0.464 e. The molecule has 122 valence electrons. The molecule has 0 saturated heterocycles. The molecule has 1 amide bonds. The summed E-state index contributed by atoms with van der Waals surface area (Å²) in [5.41, 5.74) is 0.531. The third kappa shape index (κ3) is 3.60. The molecular formula is C14H20BrN3O4. The van der Waals surface area contributed by atoms with Crippen LogP contribution in [0.25, 0.3) is 0 Å². The van der Waals surface area contributed by atoms with Gasteiger partial charge in [0.25, 0.3) is 0 Å². The molecule has 0 bridgehead atoms. The smallest absolute Gasteiger partial charge is 0.410 e. The molecule has 0 atom stereocenters. The van der Waals surface area contributed by atoms with Crippen molar-refractivity contribution in [1.82, 2.24) is 14.5 Å². The Morgan fingerprint density at radius 2 is 1.91 bits per heavy atom. The Kier molecular flexibility index (Phi) is 4.79. The van der Waals surface area contributed by atoms with Gasteiger partial charge in [0, 0.05) is 26.1 Å². The predicted molar refractivity (Wildman–Crippen MR) is 82.8 cm³/mol. The molecule has 0 radical (unpaired) electrons. The van der Waals surface area contributed by atoms with E-state index < -0.39 is 11.6 Å². The van der Waals surface area contributed by atoms with E-state index >= 15 is 0 Å². The number of esters is 1. The van der Waals surface area contributed by atoms with Crippen molar-refractivity contribution in [1.29, 1.82) is 0 Å². The molecule has 1 aliphatic heterocycles. The maximum absolute atomic E-state index is 12.2. The van der Waals surface area contributed by atoms with E-state index in [9.17, 15) is 9.59 Å². The summed E-state index contributed by atoms with van der Waals surface area (Å²) in [6, 6.07) is 0. The average molecular weight is 374 g/mol. The molecular weight excluding hydrogens is 354 g/mol. The number of ether oxygens (including phenoxy) is 2. The third-order valence-corrected chi connectivity index (χ3v) is 3.87. The van der Waals surface area contributed by atoms with E-state index in [1.165, 1.54) is 7.11 Å². The van der Waals surface area contributed by atoms with Crippen LogP contribution >= 0.6 is 15.9 Å². The van der Waals surface area contributed by atoms with Crippen molar-refractivity contribution < 1.29 is 19.1 Å². The fourth-order valence-electron chi connectivity index (χ4n) is 2.28. The number of hydrogen-bond donors (Lipinski definition) is 0. The van der Waals surface area contributed by atoms with Gasteiger partial charge in [-0.2, -0.15) is 0 Å². The molecule has 0 aliphatic carbocycles. The zero-order valence-electron chi connectivity index (χ0n) is 13.2. The van der Waals surface area contributed by atoms with E-state index in [4.69, 9.17) is 9.47 Å². The van der Waals surface area contributed by atoms with Gasteiger partial charge in [0.1, 0.15) is 5.60 Å². The quantitative estimate of drug-likeness (QED) is 0.705. The fraction of sp³-hybridized carbons (Fsp3) is 0.643. The zero-order valence-corrected chi connectivity index (χ0v) is 14.8. The molecule has 2 rings (SSSR count). The molecule has 1 aromatic heterocycles. The molecule has 1 aliphatic rings. The van der Waals surface area contributed by atoms with Crippen molar-refractivity contribution in [2.45, 2.75) is 39.3 Å². The number of halogens is 1. The van der Waals surface area contributed by atoms with Gasteiger partial charge in [-0.15, -0.1) is 0 Å². The largest absolute Gasteiger partial charge is 0.464 e. The van der Waals surface area contributed by atoms with Crippen molar-refractivity contribution in [2.24, 2.45) is 0 Å². The fourth-order valence-corrected chi connectivity index (χ4v) is 2.85. The number of rotatable bonds is 1. The molecule has 22 heavy (non-hydrogen) atoms. The topological polar surface area (TPSA) is 73.7 Å². The second kappa shape index (κ2) is 6.28. The number of carbonyl (C=O) groups excluding carboxylic acids is 2. The Labute approximate surface area is 137 Å². The van der Waals surface area contributed by atoms with Crippen LogP contribution in [0.4, 0.5) is 4.79 Å². The number of fused-ring (bicyclic) bond motifs is 1. The van der Waals surface area contributed by atoms with E-state index in [-0.39, 0.29) is 6.09 Å². The van der Waals surface area contributed by atoms with Crippen LogP contribution in [0.1, 0.15) is 37.0 Å². The predicted octanol–water partition coefficient (Wildman–Crippen LogP) is 2.23. The summed E-state index contributed by atoms with van der Waals surface area (Å²) in [7, 11) is 1.33. The molecule has 0 saturated carbocycles. The number of nitrogens with zero attached hydrogens (tertiary/aromatic N) is 3. The van der Waals surface area contributed by atoms with Gasteiger partial charge < -0.3 is 18.9 Å². The van der Waals surface area contributed by atoms with Gasteiger partial charge in [0.05, 0.1) is 12.8 Å². The van der Waals surface area contributed by atoms with Crippen LogP contribution in [0.15, 0.2) is 4.73 Å². The van der Waals surface area contributed by atoms with E-state index in [0.717, 1.165) is 5.69 Å². The summed E-state index contributed by atoms with van der Waals surface area (Å²) >= 11 is 3.35. The summed E-state index contributed by atoms with van der Waals surface area (Å²) < 4.78 is 12.6. The first kappa shape index (κ1) is 16.8. The number of amides is 1. The van der Waals surface area contributed by atoms with Gasteiger partial charge in [-0.05, 0) is 36.7 Å². The lowest BCUT2D eigenvalue weighted by atomic mass is 10.2. The van der Waals surface area contributed by atoms with Crippen molar-refractivity contribution in [3.05, 3.63) is 16.1 Å². The monoisotopic (exact) mass is 373 g/mol. The van der Waals surface area contributed by atoms with Crippen LogP contribution in [-0.4, -0.2) is 52.3 Å². The minimum absolute atomic E-state index is 0.292. The molecule has 7 nitrogen and oxygen atoms in total. The van der Waals surface area contributed by atoms with Gasteiger partial charge in [0.15, 0.2) is 10.4 Å². The minimum atomic E-state index is -0.530. The lowest BCUT2D eigenvalue weighted by Crippen LogP contribution is -2.38. The Balaban J connectivity index is 2.17. The number of imidazole rings is 1. The molecule has 2 heterocycles. The van der Waals surface area contributed by atoms with Crippen molar-refractivity contribution >= 4 is 28.0 Å². The van der Waals surface area contributed by atoms with Crippen LogP contribution in [0, 0.1) is 0 Å². The summed E-state index contributed by atoms with van der Waals surface area (Å²) in [6.45, 7) is 7.01. The first-order valence-corrected chi connectivity index (χ1v) is 7.83. The highest BCUT2D eigenvalue weighted by molar-refractivity contribution is 9.10. The lowest BCUT2D eigenvalue weighted by Gasteiger charge is -2.26. The highest BCUT2D eigenvalue weighted by atomic mass is 79.9. The van der Waals surface area contributed by atoms with Crippen molar-refractivity contribution in [2.75, 3.05) is 20.2 Å². The molecule has 0 aromatic carbocycles. The van der Waals surface area contributed by atoms with Crippen LogP contribution in [0.2, 0.25) is 0 Å². The van der Waals surface area contributed by atoms with Crippen LogP contribution in [0.5, 0.6) is 0 Å². The first-order chi connectivity index (χ1) is 10.2. The second-order valence-electron chi connectivity index (χ2n) is 6.04. The molecule has 0 fully saturated rings. The number of carbonyl (C=O) groups is 2. The molecule has 1 aromatic rings. The van der Waals surface area contributed by atoms with E-state index in [0.29, 0.717) is 36.5 Å². The maximum atomic E-state index is 12.2. The summed E-state index contributed by atoms with van der Waals surface area (Å²) in [6.07, 6.45) is 0.171. The van der Waals surface area contributed by atoms with Gasteiger partial charge in [-0.25, -0.2) is 14.6 Å². The number of methoxy groups -OCH3 is 1. The Morgan fingerprint density at radius 3 is 2.50 bits per heavy atom. The summed E-state index contributed by atoms with van der Waals surface area (Å²) in [5.74, 6) is -0.472. The molecule has 0 spiro atoms. The maximum Gasteiger partial charge on any atom is 0.410 e. The Hall–Kier alpha value is -1.57. The SMILES string of the molecule is COC(=O)c1nc(Br)n2c1CCN(C(=O)OC(C)(C)C)CC2. The highest BCUT2D eigenvalue weighted by Gasteiger charge is 2.28. The average Bonchev–Trinajstić information content (AvgIpc) is 2.61. The zero-order chi connectivity index (χ0) is 16.5. The standard InChI is InChI=1S/C14H20BrN3O4/c1-14(2,3)22-13(20)17-6-5-9-10(11(19)21-4)16-12(15)18(9)8-7-17/h5-8H2,1-4H3. The summed E-state index contributed by atoms with van der Waals surface area (Å²) in [4.78, 5) is 29.8. The molecule has 0 N–H and O–H groups in total. The number of aromatic nitrogens is 2. The molecule has 8 heteroatoms. The van der Waals surface area contributed by atoms with Crippen LogP contribution < -0.4 is 0 Å². The Bertz CT molecular complexity index is 592. The van der Waals surface area contributed by atoms with Crippen molar-refractivity contribution in [3.63, 3.8) is 0 Å². The first-order valence-electron chi connectivity index (χ1n) is 7.04. The normalized spacial score (nSPS) is 15.0. The van der Waals surface area contributed by atoms with E-state index in [1.807, 2.05) is 25.3 Å². The van der Waals surface area contributed by atoms with Gasteiger partial charge in [-0.3, -0.25) is 0 Å². The van der Waals surface area contributed by atoms with Gasteiger partial charge in [0.2, 0.25) is 0 Å². The van der Waals surface area contributed by atoms with Gasteiger partial charge >= 0.3 is 12.1 Å². The van der Waals surface area contributed by atoms with Crippen LogP contribution in [-0.2, 0) is 22.4 Å². The third-order valence-electron chi connectivity index (χ3n) is 3.27. The van der Waals surface area contributed by atoms with Gasteiger partial charge in [-0.1, -0.05) is 0 Å².